The summed E-state index contributed by atoms with van der Waals surface area (Å²) >= 11 is 0. The minimum Gasteiger partial charge on any atom is -0.303 e. The fraction of sp³-hybridized carbons (Fsp3) is 0.632. The first kappa shape index (κ1) is 15.3. The molecule has 0 saturated heterocycles. The van der Waals surface area contributed by atoms with Gasteiger partial charge in [-0.1, -0.05) is 59.7 Å². The Balaban J connectivity index is 2.55. The highest BCUT2D eigenvalue weighted by atomic mass is 16.1. The molecule has 0 aliphatic heterocycles. The molecule has 0 heterocycles. The number of hydrogen-bond donors (Lipinski definition) is 0. The van der Waals surface area contributed by atoms with E-state index in [0.717, 1.165) is 19.1 Å². The van der Waals surface area contributed by atoms with Gasteiger partial charge in [-0.05, 0) is 40.4 Å². The molecule has 110 valence electrons. The van der Waals surface area contributed by atoms with E-state index in [1.807, 2.05) is 0 Å². The first-order chi connectivity index (χ1) is 9.08. The SMILES string of the molecule is CC(C)(C)c1cc(C(C)(C)C)cc(C2(CC=O)CC2)c1. The molecule has 0 unspecified atom stereocenters. The van der Waals surface area contributed by atoms with Crippen LogP contribution in [-0.4, -0.2) is 6.29 Å². The lowest BCUT2D eigenvalue weighted by atomic mass is 9.77. The largest absolute Gasteiger partial charge is 0.303 e. The number of carbonyl (C=O) groups excluding carboxylic acids is 1. The lowest BCUT2D eigenvalue weighted by molar-refractivity contribution is -0.108. The smallest absolute Gasteiger partial charge is 0.120 e. The van der Waals surface area contributed by atoms with Crippen molar-refractivity contribution in [1.29, 1.82) is 0 Å². The van der Waals surface area contributed by atoms with Crippen LogP contribution in [0.1, 0.15) is 77.5 Å². The van der Waals surface area contributed by atoms with Crippen molar-refractivity contribution in [3.05, 3.63) is 34.9 Å². The van der Waals surface area contributed by atoms with E-state index in [4.69, 9.17) is 0 Å². The summed E-state index contributed by atoms with van der Waals surface area (Å²) in [5.74, 6) is 0. The van der Waals surface area contributed by atoms with Crippen molar-refractivity contribution in [1.82, 2.24) is 0 Å². The molecule has 1 nitrogen and oxygen atoms in total. The van der Waals surface area contributed by atoms with Crippen LogP contribution in [0.3, 0.4) is 0 Å². The first-order valence-corrected chi connectivity index (χ1v) is 7.69. The average molecular weight is 272 g/mol. The maximum absolute atomic E-state index is 11.0. The van der Waals surface area contributed by atoms with Crippen molar-refractivity contribution >= 4 is 6.29 Å². The summed E-state index contributed by atoms with van der Waals surface area (Å²) in [6.07, 6.45) is 4.07. The normalized spacial score (nSPS) is 17.9. The molecule has 20 heavy (non-hydrogen) atoms. The van der Waals surface area contributed by atoms with Gasteiger partial charge in [-0.2, -0.15) is 0 Å². The maximum Gasteiger partial charge on any atom is 0.120 e. The van der Waals surface area contributed by atoms with Crippen molar-refractivity contribution in [3.8, 4) is 0 Å². The molecule has 0 bridgehead atoms. The molecule has 1 saturated carbocycles. The Hall–Kier alpha value is -1.11. The Bertz CT molecular complexity index is 475. The van der Waals surface area contributed by atoms with Gasteiger partial charge < -0.3 is 4.79 Å². The van der Waals surface area contributed by atoms with Gasteiger partial charge in [0.05, 0.1) is 0 Å². The first-order valence-electron chi connectivity index (χ1n) is 7.69. The second-order valence-corrected chi connectivity index (χ2v) is 8.45. The number of carbonyl (C=O) groups is 1. The maximum atomic E-state index is 11.0. The van der Waals surface area contributed by atoms with Crippen LogP contribution in [0.5, 0.6) is 0 Å². The summed E-state index contributed by atoms with van der Waals surface area (Å²) in [5, 5.41) is 0. The van der Waals surface area contributed by atoms with Crippen LogP contribution in [-0.2, 0) is 21.0 Å². The summed E-state index contributed by atoms with van der Waals surface area (Å²) in [6, 6.07) is 7.03. The molecule has 0 aromatic heterocycles. The van der Waals surface area contributed by atoms with Gasteiger partial charge in [0, 0.05) is 11.8 Å². The topological polar surface area (TPSA) is 17.1 Å². The highest BCUT2D eigenvalue weighted by Crippen LogP contribution is 2.51. The van der Waals surface area contributed by atoms with Gasteiger partial charge in [0.1, 0.15) is 6.29 Å². The third-order valence-corrected chi connectivity index (χ3v) is 4.61. The van der Waals surface area contributed by atoms with Gasteiger partial charge in [-0.15, -0.1) is 0 Å². The lowest BCUT2D eigenvalue weighted by Crippen LogP contribution is -2.19. The van der Waals surface area contributed by atoms with E-state index in [0.29, 0.717) is 6.42 Å². The second kappa shape index (κ2) is 4.72. The molecule has 0 amide bonds. The van der Waals surface area contributed by atoms with Crippen LogP contribution in [0, 0.1) is 0 Å². The molecular formula is C19H28O. The van der Waals surface area contributed by atoms with Gasteiger partial charge >= 0.3 is 0 Å². The van der Waals surface area contributed by atoms with Gasteiger partial charge in [0.15, 0.2) is 0 Å². The summed E-state index contributed by atoms with van der Waals surface area (Å²) in [5.41, 5.74) is 4.58. The quantitative estimate of drug-likeness (QED) is 0.715. The molecule has 0 spiro atoms. The minimum atomic E-state index is 0.142. The Labute approximate surface area is 123 Å². The Morgan fingerprint density at radius 2 is 1.40 bits per heavy atom. The Morgan fingerprint density at radius 3 is 1.70 bits per heavy atom. The van der Waals surface area contributed by atoms with Crippen molar-refractivity contribution in [3.63, 3.8) is 0 Å². The molecule has 1 heteroatoms. The Morgan fingerprint density at radius 1 is 0.950 bits per heavy atom. The minimum absolute atomic E-state index is 0.142. The highest BCUT2D eigenvalue weighted by Gasteiger charge is 2.44. The zero-order valence-electron chi connectivity index (χ0n) is 13.8. The van der Waals surface area contributed by atoms with Crippen LogP contribution >= 0.6 is 0 Å². The van der Waals surface area contributed by atoms with E-state index in [9.17, 15) is 4.79 Å². The van der Waals surface area contributed by atoms with Gasteiger partial charge in [0.25, 0.3) is 0 Å². The molecule has 1 aliphatic carbocycles. The predicted molar refractivity (Wildman–Crippen MR) is 85.4 cm³/mol. The van der Waals surface area contributed by atoms with Crippen LogP contribution in [0.4, 0.5) is 0 Å². The van der Waals surface area contributed by atoms with E-state index in [-0.39, 0.29) is 16.2 Å². The van der Waals surface area contributed by atoms with E-state index in [1.54, 1.807) is 0 Å². The molecule has 1 aliphatic rings. The van der Waals surface area contributed by atoms with Crippen molar-refractivity contribution in [2.75, 3.05) is 0 Å². The molecule has 0 atom stereocenters. The standard InChI is InChI=1S/C19H28O/c1-17(2,3)14-11-15(18(4,5)6)13-16(12-14)19(7-8-19)9-10-20/h10-13H,7-9H2,1-6H3. The average Bonchev–Trinajstić information content (AvgIpc) is 3.08. The molecule has 1 aromatic rings. The van der Waals surface area contributed by atoms with E-state index >= 15 is 0 Å². The lowest BCUT2D eigenvalue weighted by Gasteiger charge is -2.28. The van der Waals surface area contributed by atoms with Gasteiger partial charge in [-0.3, -0.25) is 0 Å². The second-order valence-electron chi connectivity index (χ2n) is 8.45. The zero-order chi connectivity index (χ0) is 15.2. The number of benzene rings is 1. The van der Waals surface area contributed by atoms with Crippen LogP contribution in [0.25, 0.3) is 0 Å². The molecule has 0 radical (unpaired) electrons. The zero-order valence-corrected chi connectivity index (χ0v) is 13.8. The third kappa shape index (κ3) is 2.97. The number of hydrogen-bond acceptors (Lipinski definition) is 1. The van der Waals surface area contributed by atoms with E-state index in [1.165, 1.54) is 16.7 Å². The summed E-state index contributed by atoms with van der Waals surface area (Å²) < 4.78 is 0. The molecule has 1 aromatic carbocycles. The Kier molecular flexibility index (Phi) is 3.60. The fourth-order valence-corrected chi connectivity index (χ4v) is 2.72. The third-order valence-electron chi connectivity index (χ3n) is 4.61. The summed E-state index contributed by atoms with van der Waals surface area (Å²) in [7, 11) is 0. The van der Waals surface area contributed by atoms with Crippen LogP contribution in [0.2, 0.25) is 0 Å². The van der Waals surface area contributed by atoms with Gasteiger partial charge in [-0.25, -0.2) is 0 Å². The molecular weight excluding hydrogens is 244 g/mol. The highest BCUT2D eigenvalue weighted by molar-refractivity contribution is 5.56. The van der Waals surface area contributed by atoms with Crippen molar-refractivity contribution < 1.29 is 4.79 Å². The number of aldehydes is 1. The predicted octanol–water partition coefficient (Wildman–Crippen LogP) is 4.90. The summed E-state index contributed by atoms with van der Waals surface area (Å²) in [6.45, 7) is 13.6. The van der Waals surface area contributed by atoms with Crippen molar-refractivity contribution in [2.24, 2.45) is 0 Å². The number of rotatable bonds is 3. The van der Waals surface area contributed by atoms with E-state index < -0.39 is 0 Å². The van der Waals surface area contributed by atoms with Crippen molar-refractivity contribution in [2.45, 2.75) is 77.0 Å². The molecule has 1 fully saturated rings. The fourth-order valence-electron chi connectivity index (χ4n) is 2.72. The van der Waals surface area contributed by atoms with Gasteiger partial charge in [0.2, 0.25) is 0 Å². The summed E-state index contributed by atoms with van der Waals surface area (Å²) in [4.78, 5) is 11.0. The molecule has 0 N–H and O–H groups in total. The molecule has 2 rings (SSSR count). The van der Waals surface area contributed by atoms with Crippen LogP contribution < -0.4 is 0 Å². The van der Waals surface area contributed by atoms with Crippen LogP contribution in [0.15, 0.2) is 18.2 Å². The van der Waals surface area contributed by atoms with E-state index in [2.05, 4.69) is 59.7 Å². The monoisotopic (exact) mass is 272 g/mol.